The van der Waals surface area contributed by atoms with E-state index in [1.54, 1.807) is 12.1 Å². The number of rotatable bonds is 5. The molecule has 0 saturated heterocycles. The van der Waals surface area contributed by atoms with Crippen molar-refractivity contribution in [2.24, 2.45) is 5.73 Å². The van der Waals surface area contributed by atoms with Crippen molar-refractivity contribution in [2.75, 3.05) is 6.61 Å². The molecule has 1 rings (SSSR count). The van der Waals surface area contributed by atoms with Gasteiger partial charge in [-0.15, -0.1) is 0 Å². The predicted octanol–water partition coefficient (Wildman–Crippen LogP) is 0.754. The summed E-state index contributed by atoms with van der Waals surface area (Å²) in [6, 6.07) is 4.75. The van der Waals surface area contributed by atoms with Gasteiger partial charge >= 0.3 is 5.97 Å². The van der Waals surface area contributed by atoms with Crippen molar-refractivity contribution in [1.29, 1.82) is 0 Å². The number of carboxylic acids is 1. The van der Waals surface area contributed by atoms with E-state index in [9.17, 15) is 9.18 Å². The minimum Gasteiger partial charge on any atom is -0.480 e. The molecule has 1 aromatic carbocycles. The van der Waals surface area contributed by atoms with E-state index in [-0.39, 0.29) is 19.0 Å². The maximum absolute atomic E-state index is 12.5. The van der Waals surface area contributed by atoms with Crippen LogP contribution in [0.5, 0.6) is 0 Å². The Hall–Kier alpha value is -1.46. The largest absolute Gasteiger partial charge is 0.480 e. The molecule has 0 spiro atoms. The Labute approximate surface area is 86.5 Å². The van der Waals surface area contributed by atoms with Crippen LogP contribution in [0.4, 0.5) is 4.39 Å². The molecule has 0 radical (unpaired) electrons. The predicted molar refractivity (Wildman–Crippen MR) is 51.7 cm³/mol. The van der Waals surface area contributed by atoms with Gasteiger partial charge in [-0.25, -0.2) is 4.39 Å². The van der Waals surface area contributed by atoms with Gasteiger partial charge in [-0.3, -0.25) is 4.79 Å². The molecule has 1 atom stereocenters. The molecule has 0 saturated carbocycles. The highest BCUT2D eigenvalue weighted by Crippen LogP contribution is 2.04. The van der Waals surface area contributed by atoms with Crippen LogP contribution in [-0.2, 0) is 16.1 Å². The van der Waals surface area contributed by atoms with Crippen molar-refractivity contribution in [3.63, 3.8) is 0 Å². The molecule has 0 heterocycles. The Morgan fingerprint density at radius 2 is 2.07 bits per heavy atom. The van der Waals surface area contributed by atoms with Gasteiger partial charge in [0.1, 0.15) is 11.9 Å². The average molecular weight is 213 g/mol. The minimum absolute atomic E-state index is 0.0628. The molecular formula is C10H12FNO3. The van der Waals surface area contributed by atoms with Gasteiger partial charge in [-0.2, -0.15) is 0 Å². The number of ether oxygens (including phenoxy) is 1. The van der Waals surface area contributed by atoms with Crippen LogP contribution in [0.25, 0.3) is 0 Å². The van der Waals surface area contributed by atoms with Gasteiger partial charge in [0.05, 0.1) is 13.2 Å². The topological polar surface area (TPSA) is 72.5 Å². The zero-order valence-corrected chi connectivity index (χ0v) is 8.02. The van der Waals surface area contributed by atoms with Crippen molar-refractivity contribution in [2.45, 2.75) is 12.6 Å². The molecule has 5 heteroatoms. The number of hydrogen-bond acceptors (Lipinski definition) is 3. The van der Waals surface area contributed by atoms with E-state index in [0.717, 1.165) is 5.56 Å². The molecule has 0 unspecified atom stereocenters. The Morgan fingerprint density at radius 3 is 2.60 bits per heavy atom. The minimum atomic E-state index is -1.10. The molecule has 0 bridgehead atoms. The van der Waals surface area contributed by atoms with Gasteiger partial charge in [-0.1, -0.05) is 12.1 Å². The van der Waals surface area contributed by atoms with Crippen LogP contribution in [0.3, 0.4) is 0 Å². The lowest BCUT2D eigenvalue weighted by atomic mass is 10.2. The molecule has 4 nitrogen and oxygen atoms in total. The van der Waals surface area contributed by atoms with Crippen LogP contribution in [0.15, 0.2) is 24.3 Å². The van der Waals surface area contributed by atoms with Gasteiger partial charge in [0, 0.05) is 0 Å². The molecule has 0 amide bonds. The van der Waals surface area contributed by atoms with E-state index < -0.39 is 12.0 Å². The first kappa shape index (κ1) is 11.6. The SMILES string of the molecule is N[C@H](COCc1ccc(F)cc1)C(=O)O. The molecule has 0 aliphatic rings. The van der Waals surface area contributed by atoms with E-state index in [1.165, 1.54) is 12.1 Å². The zero-order valence-electron chi connectivity index (χ0n) is 8.02. The third kappa shape index (κ3) is 4.05. The van der Waals surface area contributed by atoms with Gasteiger partial charge in [0.25, 0.3) is 0 Å². The van der Waals surface area contributed by atoms with Crippen LogP contribution in [-0.4, -0.2) is 23.7 Å². The third-order valence-corrected chi connectivity index (χ3v) is 1.80. The third-order valence-electron chi connectivity index (χ3n) is 1.80. The summed E-state index contributed by atoms with van der Waals surface area (Å²) in [4.78, 5) is 10.3. The summed E-state index contributed by atoms with van der Waals surface area (Å²) in [7, 11) is 0. The first-order valence-corrected chi connectivity index (χ1v) is 4.40. The van der Waals surface area contributed by atoms with Crippen molar-refractivity contribution in [3.8, 4) is 0 Å². The fraction of sp³-hybridized carbons (Fsp3) is 0.300. The van der Waals surface area contributed by atoms with E-state index in [4.69, 9.17) is 15.6 Å². The van der Waals surface area contributed by atoms with Crippen LogP contribution in [0.2, 0.25) is 0 Å². The van der Waals surface area contributed by atoms with Gasteiger partial charge in [-0.05, 0) is 17.7 Å². The second-order valence-corrected chi connectivity index (χ2v) is 3.09. The van der Waals surface area contributed by atoms with Crippen molar-refractivity contribution in [1.82, 2.24) is 0 Å². The van der Waals surface area contributed by atoms with Gasteiger partial charge in [0.15, 0.2) is 0 Å². The summed E-state index contributed by atoms with van der Waals surface area (Å²) < 4.78 is 17.6. The average Bonchev–Trinajstić information content (AvgIpc) is 2.20. The quantitative estimate of drug-likeness (QED) is 0.757. The smallest absolute Gasteiger partial charge is 0.322 e. The standard InChI is InChI=1S/C10H12FNO3/c11-8-3-1-7(2-4-8)5-15-6-9(12)10(13)14/h1-4,9H,5-6,12H2,(H,13,14)/t9-/m1/s1. The van der Waals surface area contributed by atoms with E-state index in [1.807, 2.05) is 0 Å². The Morgan fingerprint density at radius 1 is 1.47 bits per heavy atom. The Bertz CT molecular complexity index is 326. The second kappa shape index (κ2) is 5.43. The fourth-order valence-corrected chi connectivity index (χ4v) is 0.956. The van der Waals surface area contributed by atoms with Crippen LogP contribution in [0.1, 0.15) is 5.56 Å². The highest BCUT2D eigenvalue weighted by atomic mass is 19.1. The van der Waals surface area contributed by atoms with Crippen LogP contribution >= 0.6 is 0 Å². The number of carboxylic acid groups (broad SMARTS) is 1. The second-order valence-electron chi connectivity index (χ2n) is 3.09. The van der Waals surface area contributed by atoms with Crippen molar-refractivity contribution in [3.05, 3.63) is 35.6 Å². The number of carbonyl (C=O) groups is 1. The van der Waals surface area contributed by atoms with E-state index in [2.05, 4.69) is 0 Å². The summed E-state index contributed by atoms with van der Waals surface area (Å²) in [6.45, 7) is 0.161. The lowest BCUT2D eigenvalue weighted by molar-refractivity contribution is -0.140. The Balaban J connectivity index is 2.32. The number of nitrogens with two attached hydrogens (primary N) is 1. The lowest BCUT2D eigenvalue weighted by Gasteiger charge is -2.07. The summed E-state index contributed by atoms with van der Waals surface area (Å²) in [5, 5.41) is 8.46. The monoisotopic (exact) mass is 213 g/mol. The first-order valence-electron chi connectivity index (χ1n) is 4.40. The van der Waals surface area contributed by atoms with Gasteiger partial charge < -0.3 is 15.6 Å². The van der Waals surface area contributed by atoms with Gasteiger partial charge in [0.2, 0.25) is 0 Å². The summed E-state index contributed by atoms with van der Waals surface area (Å²) in [5.41, 5.74) is 5.99. The number of halogens is 1. The van der Waals surface area contributed by atoms with E-state index in [0.29, 0.717) is 0 Å². The molecule has 15 heavy (non-hydrogen) atoms. The molecule has 1 aromatic rings. The number of benzene rings is 1. The number of aliphatic carboxylic acids is 1. The zero-order chi connectivity index (χ0) is 11.3. The highest BCUT2D eigenvalue weighted by molar-refractivity contribution is 5.73. The van der Waals surface area contributed by atoms with Crippen molar-refractivity contribution >= 4 is 5.97 Å². The van der Waals surface area contributed by atoms with Crippen molar-refractivity contribution < 1.29 is 19.0 Å². The molecule has 3 N–H and O–H groups in total. The molecule has 82 valence electrons. The molecule has 0 aromatic heterocycles. The van der Waals surface area contributed by atoms with E-state index >= 15 is 0 Å². The maximum Gasteiger partial charge on any atom is 0.322 e. The Kier molecular flexibility index (Phi) is 4.20. The molecular weight excluding hydrogens is 201 g/mol. The first-order chi connectivity index (χ1) is 7.09. The summed E-state index contributed by atoms with van der Waals surface area (Å²) in [6.07, 6.45) is 0. The normalized spacial score (nSPS) is 12.4. The molecule has 0 aliphatic heterocycles. The highest BCUT2D eigenvalue weighted by Gasteiger charge is 2.10. The van der Waals surface area contributed by atoms with Crippen LogP contribution < -0.4 is 5.73 Å². The van der Waals surface area contributed by atoms with Crippen LogP contribution in [0, 0.1) is 5.82 Å². The molecule has 0 aliphatic carbocycles. The fourth-order valence-electron chi connectivity index (χ4n) is 0.956. The lowest BCUT2D eigenvalue weighted by Crippen LogP contribution is -2.34. The summed E-state index contributed by atoms with van der Waals surface area (Å²) in [5.74, 6) is -1.42. The summed E-state index contributed by atoms with van der Waals surface area (Å²) >= 11 is 0. The number of hydrogen-bond donors (Lipinski definition) is 2. The maximum atomic E-state index is 12.5. The molecule has 0 fully saturated rings.